The molecule has 2 atom stereocenters. The van der Waals surface area contributed by atoms with Gasteiger partial charge in [0, 0.05) is 12.8 Å². The number of hydrogen-bond donors (Lipinski definition) is 3. The molecule has 0 aliphatic rings. The number of aliphatic hydroxyl groups is 2. The molecule has 0 saturated heterocycles. The van der Waals surface area contributed by atoms with E-state index in [0.29, 0.717) is 19.4 Å². The number of unbranched alkanes of at least 4 members (excludes halogenated alkanes) is 42. The molecule has 6 heteroatoms. The molecular formula is C66H123NO5. The van der Waals surface area contributed by atoms with E-state index in [-0.39, 0.29) is 18.5 Å². The van der Waals surface area contributed by atoms with Crippen molar-refractivity contribution < 1.29 is 24.5 Å². The summed E-state index contributed by atoms with van der Waals surface area (Å²) in [5, 5.41) is 23.0. The Balaban J connectivity index is 3.35. The van der Waals surface area contributed by atoms with Gasteiger partial charge in [-0.05, 0) is 83.5 Å². The van der Waals surface area contributed by atoms with Crippen molar-refractivity contribution in [2.75, 3.05) is 13.2 Å². The van der Waals surface area contributed by atoms with E-state index < -0.39 is 12.1 Å². The maximum absolute atomic E-state index is 12.4. The summed E-state index contributed by atoms with van der Waals surface area (Å²) in [7, 11) is 0. The van der Waals surface area contributed by atoms with Crippen LogP contribution in [-0.4, -0.2) is 47.4 Å². The number of amides is 1. The molecule has 0 aliphatic heterocycles. The zero-order valence-corrected chi connectivity index (χ0v) is 48.2. The fraction of sp³-hybridized carbons (Fsp3) is 0.848. The highest BCUT2D eigenvalue weighted by Gasteiger charge is 2.18. The smallest absolute Gasteiger partial charge is 0.305 e. The molecule has 0 rings (SSSR count). The Labute approximate surface area is 448 Å². The van der Waals surface area contributed by atoms with Gasteiger partial charge in [0.1, 0.15) is 0 Å². The molecular weight excluding hydrogens is 887 g/mol. The van der Waals surface area contributed by atoms with E-state index in [9.17, 15) is 19.8 Å². The van der Waals surface area contributed by atoms with E-state index in [1.807, 2.05) is 6.08 Å². The Morgan fingerprint density at radius 2 is 0.722 bits per heavy atom. The quantitative estimate of drug-likeness (QED) is 0.0320. The molecule has 422 valence electrons. The van der Waals surface area contributed by atoms with E-state index in [4.69, 9.17) is 4.74 Å². The maximum Gasteiger partial charge on any atom is 0.305 e. The van der Waals surface area contributed by atoms with Gasteiger partial charge in [-0.25, -0.2) is 0 Å². The van der Waals surface area contributed by atoms with Crippen molar-refractivity contribution >= 4 is 11.9 Å². The second-order valence-corrected chi connectivity index (χ2v) is 21.7. The first kappa shape index (κ1) is 69.8. The number of carbonyl (C=O) groups is 2. The number of esters is 1. The first-order valence-corrected chi connectivity index (χ1v) is 31.9. The molecule has 2 unspecified atom stereocenters. The summed E-state index contributed by atoms with van der Waals surface area (Å²) in [6, 6.07) is -0.624. The minimum Gasteiger partial charge on any atom is -0.466 e. The molecule has 0 aromatic carbocycles. The predicted molar refractivity (Wildman–Crippen MR) is 315 cm³/mol. The Kier molecular flexibility index (Phi) is 59.5. The molecule has 3 N–H and O–H groups in total. The van der Waals surface area contributed by atoms with Crippen LogP contribution in [0.3, 0.4) is 0 Å². The topological polar surface area (TPSA) is 95.9 Å². The molecule has 72 heavy (non-hydrogen) atoms. The summed E-state index contributed by atoms with van der Waals surface area (Å²) in [6.07, 6.45) is 79.0. The van der Waals surface area contributed by atoms with Gasteiger partial charge in [-0.15, -0.1) is 0 Å². The van der Waals surface area contributed by atoms with Crippen molar-refractivity contribution in [3.63, 3.8) is 0 Å². The van der Waals surface area contributed by atoms with Gasteiger partial charge < -0.3 is 20.3 Å². The Morgan fingerprint density at radius 3 is 1.12 bits per heavy atom. The average Bonchev–Trinajstić information content (AvgIpc) is 3.38. The number of allylic oxidation sites excluding steroid dienone is 7. The lowest BCUT2D eigenvalue weighted by molar-refractivity contribution is -0.143. The van der Waals surface area contributed by atoms with Crippen molar-refractivity contribution in [3.8, 4) is 0 Å². The van der Waals surface area contributed by atoms with Gasteiger partial charge in [-0.3, -0.25) is 9.59 Å². The van der Waals surface area contributed by atoms with E-state index in [2.05, 4.69) is 55.6 Å². The minimum atomic E-state index is -0.841. The van der Waals surface area contributed by atoms with Gasteiger partial charge >= 0.3 is 5.97 Å². The fourth-order valence-corrected chi connectivity index (χ4v) is 9.67. The summed E-state index contributed by atoms with van der Waals surface area (Å²) in [5.74, 6) is -0.0649. The standard InChI is InChI=1S/C66H123NO5/c1-3-5-7-9-11-13-15-36-40-44-48-52-56-60-66(71)72-61-57-53-49-45-41-38-35-33-31-29-27-25-23-21-19-17-16-18-20-22-24-26-28-30-32-34-37-39-43-47-51-55-59-65(70)67-63(62-68)64(69)58-54-50-46-42-14-12-10-8-6-4-2/h7,9,13,15,19,21,54,58,63-64,68-69H,3-6,8,10-12,14,16-18,20,22-53,55-57,59-62H2,1-2H3,(H,67,70)/b9-7-,15-13-,21-19-,58-54+. The van der Waals surface area contributed by atoms with E-state index in [1.54, 1.807) is 6.08 Å². The molecule has 0 fully saturated rings. The molecule has 0 heterocycles. The van der Waals surface area contributed by atoms with Crippen LogP contribution >= 0.6 is 0 Å². The number of carbonyl (C=O) groups excluding carboxylic acids is 2. The van der Waals surface area contributed by atoms with Gasteiger partial charge in [0.2, 0.25) is 5.91 Å². The number of nitrogens with one attached hydrogen (secondary N) is 1. The van der Waals surface area contributed by atoms with Crippen LogP contribution in [-0.2, 0) is 14.3 Å². The fourth-order valence-electron chi connectivity index (χ4n) is 9.67. The van der Waals surface area contributed by atoms with Crippen LogP contribution < -0.4 is 5.32 Å². The molecule has 0 bridgehead atoms. The Morgan fingerprint density at radius 1 is 0.389 bits per heavy atom. The van der Waals surface area contributed by atoms with Crippen molar-refractivity contribution in [2.24, 2.45) is 0 Å². The molecule has 0 aliphatic carbocycles. The molecule has 0 spiro atoms. The van der Waals surface area contributed by atoms with E-state index >= 15 is 0 Å². The van der Waals surface area contributed by atoms with Crippen LogP contribution in [0.2, 0.25) is 0 Å². The first-order valence-electron chi connectivity index (χ1n) is 31.9. The van der Waals surface area contributed by atoms with Gasteiger partial charge in [0.15, 0.2) is 0 Å². The summed E-state index contributed by atoms with van der Waals surface area (Å²) in [4.78, 5) is 24.4. The van der Waals surface area contributed by atoms with Crippen LogP contribution in [0.4, 0.5) is 0 Å². The lowest BCUT2D eigenvalue weighted by Gasteiger charge is -2.20. The SMILES string of the molecule is CCC/C=C\C/C=C\CCCCCCCC(=O)OCCCCCCCCCCCCCC/C=C\CCCCCCCCCCCCCCCCCCC(=O)NC(CO)C(O)/C=C/CCCCCCCCCC. The number of rotatable bonds is 59. The molecule has 6 nitrogen and oxygen atoms in total. The third kappa shape index (κ3) is 57.1. The second-order valence-electron chi connectivity index (χ2n) is 21.7. The highest BCUT2D eigenvalue weighted by Crippen LogP contribution is 2.17. The number of hydrogen-bond acceptors (Lipinski definition) is 5. The van der Waals surface area contributed by atoms with Crippen LogP contribution in [0.1, 0.15) is 335 Å². The summed E-state index contributed by atoms with van der Waals surface area (Å²) < 4.78 is 5.47. The number of aliphatic hydroxyl groups excluding tert-OH is 2. The van der Waals surface area contributed by atoms with Crippen molar-refractivity contribution in [2.45, 2.75) is 347 Å². The van der Waals surface area contributed by atoms with Crippen LogP contribution in [0.15, 0.2) is 48.6 Å². The predicted octanol–water partition coefficient (Wildman–Crippen LogP) is 20.1. The van der Waals surface area contributed by atoms with Gasteiger partial charge in [0.25, 0.3) is 0 Å². The highest BCUT2D eigenvalue weighted by molar-refractivity contribution is 5.76. The highest BCUT2D eigenvalue weighted by atomic mass is 16.5. The lowest BCUT2D eigenvalue weighted by Crippen LogP contribution is -2.45. The third-order valence-corrected chi connectivity index (χ3v) is 14.5. The summed E-state index contributed by atoms with van der Waals surface area (Å²) >= 11 is 0. The Bertz CT molecular complexity index is 1210. The normalized spacial score (nSPS) is 12.9. The zero-order chi connectivity index (χ0) is 52.2. The first-order chi connectivity index (χ1) is 35.5. The monoisotopic (exact) mass is 1010 g/mol. The average molecular weight is 1010 g/mol. The van der Waals surface area contributed by atoms with Gasteiger partial charge in [-0.1, -0.05) is 287 Å². The molecule has 0 aromatic heterocycles. The van der Waals surface area contributed by atoms with Crippen molar-refractivity contribution in [1.29, 1.82) is 0 Å². The zero-order valence-electron chi connectivity index (χ0n) is 48.2. The summed E-state index contributed by atoms with van der Waals surface area (Å²) in [5.41, 5.74) is 0. The minimum absolute atomic E-state index is 0.00210. The Hall–Kier alpha value is -2.18. The van der Waals surface area contributed by atoms with Gasteiger partial charge in [-0.2, -0.15) is 0 Å². The second kappa shape index (κ2) is 61.4. The molecule has 0 saturated carbocycles. The molecule has 0 radical (unpaired) electrons. The van der Waals surface area contributed by atoms with Crippen molar-refractivity contribution in [3.05, 3.63) is 48.6 Å². The number of ether oxygens (including phenoxy) is 1. The maximum atomic E-state index is 12.4. The van der Waals surface area contributed by atoms with Crippen molar-refractivity contribution in [1.82, 2.24) is 5.32 Å². The largest absolute Gasteiger partial charge is 0.466 e. The van der Waals surface area contributed by atoms with Crippen LogP contribution in [0.5, 0.6) is 0 Å². The van der Waals surface area contributed by atoms with Gasteiger partial charge in [0.05, 0.1) is 25.4 Å². The molecule has 0 aromatic rings. The lowest BCUT2D eigenvalue weighted by atomic mass is 10.0. The van der Waals surface area contributed by atoms with Crippen LogP contribution in [0.25, 0.3) is 0 Å². The third-order valence-electron chi connectivity index (χ3n) is 14.5. The van der Waals surface area contributed by atoms with E-state index in [0.717, 1.165) is 51.4 Å². The van der Waals surface area contributed by atoms with Crippen LogP contribution in [0, 0.1) is 0 Å². The molecule has 1 amide bonds. The summed E-state index contributed by atoms with van der Waals surface area (Å²) in [6.45, 7) is 4.82. The van der Waals surface area contributed by atoms with E-state index in [1.165, 1.54) is 257 Å².